The minimum Gasteiger partial charge on any atom is -0.490 e. The number of ether oxygens (including phenoxy) is 3. The number of sulfonamides is 1. The number of aryl methyl sites for hydroxylation is 1. The Morgan fingerprint density at radius 3 is 2.70 bits per heavy atom. The van der Waals surface area contributed by atoms with E-state index in [1.165, 1.54) is 18.2 Å². The molecule has 2 aliphatic carbocycles. The second kappa shape index (κ2) is 12.7. The van der Waals surface area contributed by atoms with Crippen molar-refractivity contribution in [2.45, 2.75) is 74.7 Å². The molecule has 8 nitrogen and oxygen atoms in total. The molecule has 0 saturated heterocycles. The lowest BCUT2D eigenvalue weighted by atomic mass is 9.68. The van der Waals surface area contributed by atoms with Crippen LogP contribution in [0.2, 0.25) is 5.02 Å². The van der Waals surface area contributed by atoms with Crippen molar-refractivity contribution < 1.29 is 27.4 Å². The number of nitrogens with zero attached hydrogens (tertiary/aromatic N) is 1. The number of methoxy groups -OCH3 is 2. The highest BCUT2D eigenvalue weighted by molar-refractivity contribution is 7.90. The van der Waals surface area contributed by atoms with Gasteiger partial charge in [-0.1, -0.05) is 36.7 Å². The van der Waals surface area contributed by atoms with Gasteiger partial charge in [0.25, 0.3) is 5.91 Å². The number of carbonyl (C=O) groups is 1. The van der Waals surface area contributed by atoms with Crippen molar-refractivity contribution in [2.24, 2.45) is 11.8 Å². The first-order valence-corrected chi connectivity index (χ1v) is 17.7. The van der Waals surface area contributed by atoms with Gasteiger partial charge >= 0.3 is 0 Å². The fourth-order valence-electron chi connectivity index (χ4n) is 7.88. The smallest absolute Gasteiger partial charge is 0.264 e. The number of halogens is 1. The van der Waals surface area contributed by atoms with Crippen LogP contribution in [0, 0.1) is 11.8 Å². The molecular formula is C34H43ClN2O6S. The second-order valence-corrected chi connectivity index (χ2v) is 15.2. The summed E-state index contributed by atoms with van der Waals surface area (Å²) in [4.78, 5) is 15.9. The van der Waals surface area contributed by atoms with E-state index in [9.17, 15) is 13.2 Å². The first kappa shape index (κ1) is 31.4. The van der Waals surface area contributed by atoms with Crippen LogP contribution >= 0.6 is 11.6 Å². The molecule has 2 aromatic carbocycles. The Morgan fingerprint density at radius 1 is 1.14 bits per heavy atom. The van der Waals surface area contributed by atoms with E-state index < -0.39 is 27.3 Å². The third kappa shape index (κ3) is 5.88. The monoisotopic (exact) mass is 642 g/mol. The van der Waals surface area contributed by atoms with E-state index in [-0.39, 0.29) is 17.1 Å². The molecular weight excluding hydrogens is 600 g/mol. The maximum Gasteiger partial charge on any atom is 0.264 e. The first-order valence-electron chi connectivity index (χ1n) is 15.8. The van der Waals surface area contributed by atoms with Crippen LogP contribution in [0.15, 0.2) is 48.6 Å². The number of carbonyl (C=O) groups excluding carboxylic acids is 1. The average molecular weight is 643 g/mol. The summed E-state index contributed by atoms with van der Waals surface area (Å²) in [7, 11) is -0.778. The van der Waals surface area contributed by atoms with Crippen LogP contribution in [0.4, 0.5) is 5.69 Å². The zero-order chi connectivity index (χ0) is 31.1. The highest BCUT2D eigenvalue weighted by atomic mass is 35.5. The van der Waals surface area contributed by atoms with Crippen LogP contribution in [-0.2, 0) is 31.3 Å². The molecule has 2 bridgehead atoms. The van der Waals surface area contributed by atoms with Crippen LogP contribution in [0.5, 0.6) is 5.75 Å². The Morgan fingerprint density at radius 2 is 1.98 bits per heavy atom. The van der Waals surface area contributed by atoms with E-state index in [4.69, 9.17) is 25.8 Å². The quantitative estimate of drug-likeness (QED) is 0.432. The summed E-state index contributed by atoms with van der Waals surface area (Å²) in [6.07, 6.45) is 9.18. The van der Waals surface area contributed by atoms with Gasteiger partial charge in [-0.3, -0.25) is 4.79 Å². The van der Waals surface area contributed by atoms with E-state index >= 15 is 0 Å². The first-order chi connectivity index (χ1) is 21.2. The summed E-state index contributed by atoms with van der Waals surface area (Å²) >= 11 is 6.41. The molecule has 2 aliphatic heterocycles. The Hall–Kier alpha value is -2.59. The number of amides is 1. The maximum atomic E-state index is 13.5. The van der Waals surface area contributed by atoms with Crippen molar-refractivity contribution >= 4 is 33.2 Å². The summed E-state index contributed by atoms with van der Waals surface area (Å²) in [6.45, 7) is 3.81. The van der Waals surface area contributed by atoms with Crippen molar-refractivity contribution in [2.75, 3.05) is 38.8 Å². The molecule has 2 heterocycles. The maximum absolute atomic E-state index is 13.5. The van der Waals surface area contributed by atoms with Crippen molar-refractivity contribution in [3.05, 3.63) is 70.3 Å². The van der Waals surface area contributed by atoms with E-state index in [1.54, 1.807) is 26.2 Å². The predicted molar refractivity (Wildman–Crippen MR) is 172 cm³/mol. The number of hydrogen-bond donors (Lipinski definition) is 1. The van der Waals surface area contributed by atoms with Gasteiger partial charge in [-0.2, -0.15) is 0 Å². The molecule has 1 fully saturated rings. The van der Waals surface area contributed by atoms with Gasteiger partial charge in [0.05, 0.1) is 24.5 Å². The normalized spacial score (nSPS) is 32.3. The predicted octanol–water partition coefficient (Wildman–Crippen LogP) is 5.67. The van der Waals surface area contributed by atoms with E-state index in [2.05, 4.69) is 27.8 Å². The Kier molecular flexibility index (Phi) is 9.03. The van der Waals surface area contributed by atoms with Gasteiger partial charge < -0.3 is 19.1 Å². The number of rotatable bonds is 3. The van der Waals surface area contributed by atoms with Gasteiger partial charge in [0.2, 0.25) is 10.0 Å². The van der Waals surface area contributed by atoms with Gasteiger partial charge in [-0.25, -0.2) is 13.1 Å². The summed E-state index contributed by atoms with van der Waals surface area (Å²) in [5.41, 5.74) is 3.40. The zero-order valence-electron chi connectivity index (χ0n) is 25.8. The molecule has 0 aromatic heterocycles. The summed E-state index contributed by atoms with van der Waals surface area (Å²) in [5.74, 6) is 0.756. The Balaban J connectivity index is 1.43. The van der Waals surface area contributed by atoms with Crippen LogP contribution in [-0.4, -0.2) is 65.7 Å². The zero-order valence-corrected chi connectivity index (χ0v) is 27.3. The second-order valence-electron chi connectivity index (χ2n) is 12.8. The minimum atomic E-state index is -4.03. The van der Waals surface area contributed by atoms with E-state index in [1.807, 2.05) is 18.2 Å². The number of benzene rings is 2. The van der Waals surface area contributed by atoms with Gasteiger partial charge in [0.15, 0.2) is 0 Å². The lowest BCUT2D eigenvalue weighted by Gasteiger charge is -2.46. The van der Waals surface area contributed by atoms with Crippen molar-refractivity contribution in [3.63, 3.8) is 0 Å². The Labute approximate surface area is 266 Å². The molecule has 4 aliphatic rings. The highest BCUT2D eigenvalue weighted by Gasteiger charge is 2.44. The van der Waals surface area contributed by atoms with Crippen LogP contribution in [0.3, 0.4) is 0 Å². The topological polar surface area (TPSA) is 94.2 Å². The van der Waals surface area contributed by atoms with Crippen LogP contribution < -0.4 is 14.4 Å². The van der Waals surface area contributed by atoms with Gasteiger partial charge in [0.1, 0.15) is 11.0 Å². The standard InChI is InChI=1S/C34H43ClN2O6S/c1-4-32-31(42-3)9-5-8-29(41-2)26-13-10-24(26)19-37-20-34(16-6-7-22-17-25(35)12-14-27(22)34)21-43-30-15-11-23(18-28(30)37)33(38)36-44(32,39)40/h5,8,11-12,14-15,17-18,24,26,29,31-32H,4,6-7,9-10,13,16,19-21H2,1-3H3,(H,36,38)/b8-5-/t24-,26+,29-,31-,32+,34-/m0/s1. The van der Waals surface area contributed by atoms with Gasteiger partial charge in [-0.15, -0.1) is 0 Å². The molecule has 2 aromatic rings. The summed E-state index contributed by atoms with van der Waals surface area (Å²) < 4.78 is 47.6. The van der Waals surface area contributed by atoms with Gasteiger partial charge in [-0.05, 0) is 98.2 Å². The molecule has 6 rings (SSSR count). The van der Waals surface area contributed by atoms with Crippen LogP contribution in [0.1, 0.15) is 66.9 Å². The minimum absolute atomic E-state index is 0.0870. The number of fused-ring (bicyclic) bond motifs is 4. The molecule has 1 amide bonds. The third-order valence-electron chi connectivity index (χ3n) is 10.4. The summed E-state index contributed by atoms with van der Waals surface area (Å²) in [6, 6.07) is 11.5. The molecule has 0 unspecified atom stereocenters. The number of anilines is 1. The largest absolute Gasteiger partial charge is 0.490 e. The SMILES string of the molecule is CC[C@@H]1[C@@H](OC)C/C=C\[C@H](OC)[C@@H]2CC[C@H]2CN2C[C@@]3(CCCc4cc(Cl)ccc43)COc3ccc(cc32)C(=O)NS1(=O)=O. The molecule has 6 atom stereocenters. The summed E-state index contributed by atoms with van der Waals surface area (Å²) in [5, 5.41) is -0.154. The van der Waals surface area contributed by atoms with Crippen molar-refractivity contribution in [3.8, 4) is 5.75 Å². The molecule has 10 heteroatoms. The van der Waals surface area contributed by atoms with Crippen molar-refractivity contribution in [1.29, 1.82) is 0 Å². The third-order valence-corrected chi connectivity index (χ3v) is 12.5. The van der Waals surface area contributed by atoms with Crippen LogP contribution in [0.25, 0.3) is 0 Å². The number of hydrogen-bond acceptors (Lipinski definition) is 7. The highest BCUT2D eigenvalue weighted by Crippen LogP contribution is 2.47. The molecule has 238 valence electrons. The molecule has 44 heavy (non-hydrogen) atoms. The fraction of sp³-hybridized carbons (Fsp3) is 0.559. The Bertz CT molecular complexity index is 1530. The van der Waals surface area contributed by atoms with Gasteiger partial charge in [0, 0.05) is 43.3 Å². The average Bonchev–Trinajstić information content (AvgIpc) is 3.14. The molecule has 0 radical (unpaired) electrons. The fourth-order valence-corrected chi connectivity index (χ4v) is 9.66. The molecule has 1 saturated carbocycles. The van der Waals surface area contributed by atoms with E-state index in [0.717, 1.165) is 55.9 Å². The molecule has 1 spiro atoms. The van der Waals surface area contributed by atoms with Crippen molar-refractivity contribution in [1.82, 2.24) is 4.72 Å². The molecule has 1 N–H and O–H groups in total. The lowest BCUT2D eigenvalue weighted by Crippen LogP contribution is -2.49. The lowest BCUT2D eigenvalue weighted by molar-refractivity contribution is 0.0129. The number of nitrogens with one attached hydrogen (secondary N) is 1. The van der Waals surface area contributed by atoms with E-state index in [0.29, 0.717) is 37.0 Å².